The van der Waals surface area contributed by atoms with Crippen LogP contribution in [0.15, 0.2) is 61.7 Å². The van der Waals surface area contributed by atoms with Crippen LogP contribution in [0.3, 0.4) is 0 Å². The SMILES string of the molecule is C=C(C)/C=C\N.C=C(c1cc(Cl)ccc1[C@@H](CC)N1CCN(C(=O)OCC(C)C)CC1)[C@@H](NC(=O)COC)c1cncn1C.CC. The summed E-state index contributed by atoms with van der Waals surface area (Å²) in [5.41, 5.74) is 9.44. The van der Waals surface area contributed by atoms with Gasteiger partial charge in [-0.2, -0.15) is 0 Å². The number of nitrogens with zero attached hydrogens (tertiary/aromatic N) is 4. The maximum absolute atomic E-state index is 12.6. The van der Waals surface area contributed by atoms with Crippen molar-refractivity contribution >= 4 is 29.2 Å². The van der Waals surface area contributed by atoms with Crippen LogP contribution in [0.4, 0.5) is 4.79 Å². The molecular formula is C35H55ClN6O4. The fourth-order valence-corrected chi connectivity index (χ4v) is 5.13. The molecule has 1 aromatic heterocycles. The summed E-state index contributed by atoms with van der Waals surface area (Å²) in [5, 5.41) is 3.63. The fourth-order valence-electron chi connectivity index (χ4n) is 4.96. The van der Waals surface area contributed by atoms with E-state index in [9.17, 15) is 9.59 Å². The number of halogens is 1. The van der Waals surface area contributed by atoms with Crippen LogP contribution in [0.5, 0.6) is 0 Å². The minimum Gasteiger partial charge on any atom is -0.449 e. The zero-order valence-corrected chi connectivity index (χ0v) is 29.8. The molecule has 1 aliphatic heterocycles. The number of nitrogens with two attached hydrogens (primary N) is 1. The molecule has 256 valence electrons. The number of benzene rings is 1. The number of hydrogen-bond acceptors (Lipinski definition) is 7. The van der Waals surface area contributed by atoms with Crippen LogP contribution < -0.4 is 11.1 Å². The first kappa shape index (κ1) is 40.4. The van der Waals surface area contributed by atoms with Gasteiger partial charge < -0.3 is 30.0 Å². The number of imidazole rings is 1. The van der Waals surface area contributed by atoms with Gasteiger partial charge >= 0.3 is 6.09 Å². The summed E-state index contributed by atoms with van der Waals surface area (Å²) in [6.07, 6.45) is 7.24. The number of nitrogens with one attached hydrogen (secondary N) is 1. The molecule has 0 spiro atoms. The maximum atomic E-state index is 12.6. The van der Waals surface area contributed by atoms with Gasteiger partial charge in [0.2, 0.25) is 5.91 Å². The molecule has 0 radical (unpaired) electrons. The number of hydrogen-bond donors (Lipinski definition) is 2. The molecule has 0 aliphatic carbocycles. The third-order valence-corrected chi connectivity index (χ3v) is 7.36. The zero-order chi connectivity index (χ0) is 34.8. The Bertz CT molecular complexity index is 1280. The summed E-state index contributed by atoms with van der Waals surface area (Å²) in [6, 6.07) is 5.39. The van der Waals surface area contributed by atoms with Gasteiger partial charge in [0, 0.05) is 51.4 Å². The molecule has 3 N–H and O–H groups in total. The second-order valence-electron chi connectivity index (χ2n) is 11.2. The van der Waals surface area contributed by atoms with E-state index in [4.69, 9.17) is 26.8 Å². The first-order valence-corrected chi connectivity index (χ1v) is 16.2. The Balaban J connectivity index is 0.00000118. The molecule has 46 heavy (non-hydrogen) atoms. The van der Waals surface area contributed by atoms with Gasteiger partial charge in [0.05, 0.1) is 30.9 Å². The van der Waals surface area contributed by atoms with Gasteiger partial charge in [-0.15, -0.1) is 0 Å². The number of ether oxygens (including phenoxy) is 2. The van der Waals surface area contributed by atoms with E-state index in [-0.39, 0.29) is 24.6 Å². The monoisotopic (exact) mass is 658 g/mol. The molecule has 2 atom stereocenters. The minimum atomic E-state index is -0.521. The van der Waals surface area contributed by atoms with E-state index >= 15 is 0 Å². The Morgan fingerprint density at radius 3 is 2.30 bits per heavy atom. The molecule has 11 heteroatoms. The number of carbonyl (C=O) groups is 2. The van der Waals surface area contributed by atoms with Gasteiger partial charge in [-0.3, -0.25) is 9.69 Å². The summed E-state index contributed by atoms with van der Waals surface area (Å²) in [5.74, 6) is 0.0477. The van der Waals surface area contributed by atoms with Crippen molar-refractivity contribution in [3.63, 3.8) is 0 Å². The summed E-state index contributed by atoms with van der Waals surface area (Å²) in [7, 11) is 3.36. The molecule has 0 unspecified atom stereocenters. The van der Waals surface area contributed by atoms with Crippen molar-refractivity contribution in [3.8, 4) is 0 Å². The van der Waals surface area contributed by atoms with E-state index in [1.165, 1.54) is 13.3 Å². The number of methoxy groups -OCH3 is 1. The molecule has 1 aliphatic rings. The average Bonchev–Trinajstić information content (AvgIpc) is 3.46. The van der Waals surface area contributed by atoms with E-state index < -0.39 is 6.04 Å². The number of allylic oxidation sites excluding steroid dienone is 2. The molecule has 1 fully saturated rings. The smallest absolute Gasteiger partial charge is 0.409 e. The second kappa shape index (κ2) is 21.2. The van der Waals surface area contributed by atoms with E-state index in [2.05, 4.69) is 35.3 Å². The standard InChI is InChI=1S/C28H40ClN5O4.C5H9N.C2H6/c1-7-24(33-10-12-34(13-11-33)28(36)38-16-19(2)3)22-9-8-21(29)14-23(22)20(4)27(31-26(35)17-37-6)25-15-30-18-32(25)5;1-5(2)3-4-6;1-2/h8-9,14-15,18-19,24,27H,4,7,10-13,16-17H2,1-3,5-6H3,(H,31,35);3-4H,1,6H2,2H3;1-2H3/b;4-3-;/t24-,27-;;/m1../s1. The molecule has 10 nitrogen and oxygen atoms in total. The molecule has 0 saturated carbocycles. The Labute approximate surface area is 281 Å². The predicted molar refractivity (Wildman–Crippen MR) is 188 cm³/mol. The second-order valence-corrected chi connectivity index (χ2v) is 11.7. The van der Waals surface area contributed by atoms with Crippen LogP contribution >= 0.6 is 11.6 Å². The highest BCUT2D eigenvalue weighted by atomic mass is 35.5. The van der Waals surface area contributed by atoms with Crippen molar-refractivity contribution in [1.29, 1.82) is 0 Å². The summed E-state index contributed by atoms with van der Waals surface area (Å²) in [4.78, 5) is 33.4. The lowest BCUT2D eigenvalue weighted by Crippen LogP contribution is -2.50. The Morgan fingerprint density at radius 1 is 1.17 bits per heavy atom. The lowest BCUT2D eigenvalue weighted by atomic mass is 9.88. The third kappa shape index (κ3) is 12.7. The highest BCUT2D eigenvalue weighted by Crippen LogP contribution is 2.37. The molecule has 2 aromatic rings. The van der Waals surface area contributed by atoms with E-state index in [1.807, 2.05) is 64.4 Å². The van der Waals surface area contributed by atoms with Crippen LogP contribution in [0.1, 0.15) is 76.9 Å². The first-order chi connectivity index (χ1) is 21.9. The largest absolute Gasteiger partial charge is 0.449 e. The molecule has 3 rings (SSSR count). The van der Waals surface area contributed by atoms with Crippen molar-refractivity contribution < 1.29 is 19.1 Å². The number of rotatable bonds is 12. The fraction of sp³-hybridized carbons (Fsp3) is 0.514. The van der Waals surface area contributed by atoms with Gasteiger partial charge in [0.25, 0.3) is 0 Å². The van der Waals surface area contributed by atoms with Crippen molar-refractivity contribution in [2.75, 3.05) is 46.5 Å². The van der Waals surface area contributed by atoms with Crippen molar-refractivity contribution in [3.05, 3.63) is 83.6 Å². The Hall–Kier alpha value is -3.60. The minimum absolute atomic E-state index is 0.0640. The first-order valence-electron chi connectivity index (χ1n) is 15.9. The molecule has 2 amide bonds. The lowest BCUT2D eigenvalue weighted by molar-refractivity contribution is -0.125. The highest BCUT2D eigenvalue weighted by molar-refractivity contribution is 6.30. The van der Waals surface area contributed by atoms with Gasteiger partial charge in [-0.25, -0.2) is 9.78 Å². The van der Waals surface area contributed by atoms with E-state index in [1.54, 1.807) is 23.5 Å². The summed E-state index contributed by atoms with van der Waals surface area (Å²) >= 11 is 6.48. The summed E-state index contributed by atoms with van der Waals surface area (Å²) in [6.45, 7) is 23.1. The van der Waals surface area contributed by atoms with Crippen LogP contribution in [-0.2, 0) is 21.3 Å². The molecule has 2 heterocycles. The topological polar surface area (TPSA) is 115 Å². The Kier molecular flexibility index (Phi) is 18.7. The Morgan fingerprint density at radius 2 is 1.83 bits per heavy atom. The molecular weight excluding hydrogens is 604 g/mol. The molecule has 1 saturated heterocycles. The van der Waals surface area contributed by atoms with Gasteiger partial charge in [-0.05, 0) is 60.4 Å². The van der Waals surface area contributed by atoms with Crippen molar-refractivity contribution in [1.82, 2.24) is 24.7 Å². The van der Waals surface area contributed by atoms with Crippen LogP contribution in [0.25, 0.3) is 5.57 Å². The normalized spacial score (nSPS) is 14.4. The zero-order valence-electron chi connectivity index (χ0n) is 29.0. The molecule has 1 aromatic carbocycles. The number of aromatic nitrogens is 2. The molecule has 0 bridgehead atoms. The number of aryl methyl sites for hydroxylation is 1. The van der Waals surface area contributed by atoms with Crippen LogP contribution in [0.2, 0.25) is 5.02 Å². The highest BCUT2D eigenvalue weighted by Gasteiger charge is 2.30. The van der Waals surface area contributed by atoms with Gasteiger partial charge in [0.15, 0.2) is 0 Å². The van der Waals surface area contributed by atoms with Gasteiger partial charge in [-0.1, -0.05) is 71.0 Å². The number of carbonyl (C=O) groups excluding carboxylic acids is 2. The van der Waals surface area contributed by atoms with Crippen LogP contribution in [-0.4, -0.2) is 77.9 Å². The van der Waals surface area contributed by atoms with E-state index in [0.717, 1.165) is 41.9 Å². The van der Waals surface area contributed by atoms with Crippen molar-refractivity contribution in [2.45, 2.75) is 60.0 Å². The number of piperazine rings is 1. The van der Waals surface area contributed by atoms with Crippen LogP contribution in [0, 0.1) is 5.92 Å². The van der Waals surface area contributed by atoms with Crippen molar-refractivity contribution in [2.24, 2.45) is 18.7 Å². The lowest BCUT2D eigenvalue weighted by Gasteiger charge is -2.39. The number of amides is 2. The summed E-state index contributed by atoms with van der Waals surface area (Å²) < 4.78 is 12.3. The van der Waals surface area contributed by atoms with Gasteiger partial charge in [0.1, 0.15) is 6.61 Å². The predicted octanol–water partition coefficient (Wildman–Crippen LogP) is 6.51. The van der Waals surface area contributed by atoms with E-state index in [0.29, 0.717) is 36.2 Å². The average molecular weight is 659 g/mol. The quantitative estimate of drug-likeness (QED) is 0.250. The third-order valence-electron chi connectivity index (χ3n) is 7.12. The maximum Gasteiger partial charge on any atom is 0.409 e.